The molecular formula is C18H19ClN2O3. The second-order valence-corrected chi connectivity index (χ2v) is 5.58. The van der Waals surface area contributed by atoms with E-state index >= 15 is 0 Å². The van der Waals surface area contributed by atoms with Crippen molar-refractivity contribution in [2.75, 3.05) is 17.2 Å². The van der Waals surface area contributed by atoms with Crippen LogP contribution in [0.1, 0.15) is 19.4 Å². The second-order valence-electron chi connectivity index (χ2n) is 5.17. The standard InChI is InChI=1S/C18H19ClN2O3/c1-3-13-6-4-5-7-17(13)24-11-18(23)21-16-9-8-14(10-15(16)19)20-12(2)22/h4-10H,3,11H2,1-2H3,(H,20,22)(H,21,23). The smallest absolute Gasteiger partial charge is 0.262 e. The summed E-state index contributed by atoms with van der Waals surface area (Å²) < 4.78 is 5.57. The lowest BCUT2D eigenvalue weighted by molar-refractivity contribution is -0.118. The zero-order valence-electron chi connectivity index (χ0n) is 13.6. The highest BCUT2D eigenvalue weighted by molar-refractivity contribution is 6.34. The van der Waals surface area contributed by atoms with Crippen LogP contribution in [0.4, 0.5) is 11.4 Å². The van der Waals surface area contributed by atoms with Crippen molar-refractivity contribution in [3.05, 3.63) is 53.1 Å². The Kier molecular flexibility index (Phi) is 6.21. The fourth-order valence-electron chi connectivity index (χ4n) is 2.16. The summed E-state index contributed by atoms with van der Waals surface area (Å²) in [5.41, 5.74) is 2.07. The molecule has 2 aromatic rings. The molecule has 0 bridgehead atoms. The van der Waals surface area contributed by atoms with Crippen LogP contribution in [0, 0.1) is 0 Å². The molecule has 0 unspecified atom stereocenters. The van der Waals surface area contributed by atoms with E-state index in [0.29, 0.717) is 22.1 Å². The Morgan fingerprint density at radius 2 is 1.88 bits per heavy atom. The molecule has 0 fully saturated rings. The first kappa shape index (κ1) is 17.8. The highest BCUT2D eigenvalue weighted by Gasteiger charge is 2.09. The van der Waals surface area contributed by atoms with E-state index in [1.54, 1.807) is 18.2 Å². The Morgan fingerprint density at radius 1 is 1.12 bits per heavy atom. The molecular weight excluding hydrogens is 328 g/mol. The number of aryl methyl sites for hydroxylation is 1. The molecule has 2 rings (SSSR count). The number of ether oxygens (including phenoxy) is 1. The van der Waals surface area contributed by atoms with Gasteiger partial charge in [-0.2, -0.15) is 0 Å². The van der Waals surface area contributed by atoms with Gasteiger partial charge in [-0.15, -0.1) is 0 Å². The van der Waals surface area contributed by atoms with Gasteiger partial charge in [0.15, 0.2) is 6.61 Å². The largest absolute Gasteiger partial charge is 0.483 e. The average Bonchev–Trinajstić information content (AvgIpc) is 2.55. The molecule has 6 heteroatoms. The number of anilines is 2. The Bertz CT molecular complexity index is 747. The van der Waals surface area contributed by atoms with Crippen molar-refractivity contribution in [2.45, 2.75) is 20.3 Å². The van der Waals surface area contributed by atoms with E-state index in [0.717, 1.165) is 12.0 Å². The number of benzene rings is 2. The minimum Gasteiger partial charge on any atom is -0.483 e. The number of carbonyl (C=O) groups is 2. The second kappa shape index (κ2) is 8.36. The number of amides is 2. The van der Waals surface area contributed by atoms with Crippen molar-refractivity contribution in [1.29, 1.82) is 0 Å². The average molecular weight is 347 g/mol. The predicted octanol–water partition coefficient (Wildman–Crippen LogP) is 3.88. The van der Waals surface area contributed by atoms with Crippen LogP contribution in [0.3, 0.4) is 0 Å². The van der Waals surface area contributed by atoms with Gasteiger partial charge in [0.05, 0.1) is 10.7 Å². The number of nitrogens with one attached hydrogen (secondary N) is 2. The summed E-state index contributed by atoms with van der Waals surface area (Å²) in [6.07, 6.45) is 0.828. The van der Waals surface area contributed by atoms with Gasteiger partial charge in [0, 0.05) is 12.6 Å². The van der Waals surface area contributed by atoms with E-state index < -0.39 is 0 Å². The maximum Gasteiger partial charge on any atom is 0.262 e. The fourth-order valence-corrected chi connectivity index (χ4v) is 2.39. The molecule has 2 N–H and O–H groups in total. The first-order valence-corrected chi connectivity index (χ1v) is 7.95. The molecule has 0 aliphatic heterocycles. The van der Waals surface area contributed by atoms with E-state index in [1.165, 1.54) is 6.92 Å². The number of hydrogen-bond donors (Lipinski definition) is 2. The molecule has 2 amide bonds. The molecule has 0 saturated carbocycles. The first-order valence-electron chi connectivity index (χ1n) is 7.57. The van der Waals surface area contributed by atoms with Gasteiger partial charge < -0.3 is 15.4 Å². The SMILES string of the molecule is CCc1ccccc1OCC(=O)Nc1ccc(NC(C)=O)cc1Cl. The van der Waals surface area contributed by atoms with Crippen LogP contribution < -0.4 is 15.4 Å². The van der Waals surface area contributed by atoms with Crippen LogP contribution in [-0.2, 0) is 16.0 Å². The summed E-state index contributed by atoms with van der Waals surface area (Å²) >= 11 is 6.11. The van der Waals surface area contributed by atoms with Crippen LogP contribution in [0.2, 0.25) is 5.02 Å². The summed E-state index contributed by atoms with van der Waals surface area (Å²) in [7, 11) is 0. The first-order chi connectivity index (χ1) is 11.5. The van der Waals surface area contributed by atoms with E-state index in [-0.39, 0.29) is 18.4 Å². The fraction of sp³-hybridized carbons (Fsp3) is 0.222. The molecule has 0 aromatic heterocycles. The Balaban J connectivity index is 1.96. The third-order valence-electron chi connectivity index (χ3n) is 3.28. The lowest BCUT2D eigenvalue weighted by Gasteiger charge is -2.12. The van der Waals surface area contributed by atoms with Gasteiger partial charge in [0.2, 0.25) is 5.91 Å². The van der Waals surface area contributed by atoms with E-state index in [4.69, 9.17) is 16.3 Å². The van der Waals surface area contributed by atoms with Crippen LogP contribution in [0.15, 0.2) is 42.5 Å². The quantitative estimate of drug-likeness (QED) is 0.834. The van der Waals surface area contributed by atoms with Gasteiger partial charge in [-0.1, -0.05) is 36.7 Å². The van der Waals surface area contributed by atoms with Crippen LogP contribution in [-0.4, -0.2) is 18.4 Å². The highest BCUT2D eigenvalue weighted by Crippen LogP contribution is 2.25. The van der Waals surface area contributed by atoms with Gasteiger partial charge in [-0.3, -0.25) is 9.59 Å². The molecule has 0 radical (unpaired) electrons. The zero-order valence-corrected chi connectivity index (χ0v) is 14.3. The predicted molar refractivity (Wildman–Crippen MR) is 95.7 cm³/mol. The Hall–Kier alpha value is -2.53. The number of rotatable bonds is 6. The van der Waals surface area contributed by atoms with Crippen molar-refractivity contribution in [1.82, 2.24) is 0 Å². The summed E-state index contributed by atoms with van der Waals surface area (Å²) in [5.74, 6) is 0.197. The number of carbonyl (C=O) groups excluding carboxylic acids is 2. The third kappa shape index (κ3) is 4.99. The molecule has 24 heavy (non-hydrogen) atoms. The summed E-state index contributed by atoms with van der Waals surface area (Å²) in [4.78, 5) is 23.1. The lowest BCUT2D eigenvalue weighted by Crippen LogP contribution is -2.20. The molecule has 0 atom stereocenters. The normalized spacial score (nSPS) is 10.1. The molecule has 126 valence electrons. The zero-order chi connectivity index (χ0) is 17.5. The van der Waals surface area contributed by atoms with Gasteiger partial charge >= 0.3 is 0 Å². The monoisotopic (exact) mass is 346 g/mol. The van der Waals surface area contributed by atoms with Gasteiger partial charge in [0.1, 0.15) is 5.75 Å². The lowest BCUT2D eigenvalue weighted by atomic mass is 10.1. The molecule has 0 spiro atoms. The molecule has 0 heterocycles. The van der Waals surface area contributed by atoms with Gasteiger partial charge in [-0.05, 0) is 36.2 Å². The molecule has 0 aliphatic carbocycles. The van der Waals surface area contributed by atoms with Crippen molar-refractivity contribution < 1.29 is 14.3 Å². The molecule has 0 aliphatic rings. The van der Waals surface area contributed by atoms with E-state index in [1.807, 2.05) is 31.2 Å². The Labute approximate surface area is 146 Å². The summed E-state index contributed by atoms with van der Waals surface area (Å²) in [6, 6.07) is 12.5. The summed E-state index contributed by atoms with van der Waals surface area (Å²) in [6.45, 7) is 3.33. The van der Waals surface area contributed by atoms with Crippen molar-refractivity contribution >= 4 is 34.8 Å². The van der Waals surface area contributed by atoms with E-state index in [2.05, 4.69) is 10.6 Å². The van der Waals surface area contributed by atoms with Crippen LogP contribution in [0.25, 0.3) is 0 Å². The Morgan fingerprint density at radius 3 is 2.54 bits per heavy atom. The number of hydrogen-bond acceptors (Lipinski definition) is 3. The van der Waals surface area contributed by atoms with Crippen LogP contribution in [0.5, 0.6) is 5.75 Å². The van der Waals surface area contributed by atoms with Crippen molar-refractivity contribution in [2.24, 2.45) is 0 Å². The van der Waals surface area contributed by atoms with Gasteiger partial charge in [0.25, 0.3) is 5.91 Å². The topological polar surface area (TPSA) is 67.4 Å². The van der Waals surface area contributed by atoms with Crippen molar-refractivity contribution in [3.8, 4) is 5.75 Å². The minimum absolute atomic E-state index is 0.110. The minimum atomic E-state index is -0.310. The van der Waals surface area contributed by atoms with Crippen molar-refractivity contribution in [3.63, 3.8) is 0 Å². The number of halogens is 1. The highest BCUT2D eigenvalue weighted by atomic mass is 35.5. The molecule has 2 aromatic carbocycles. The third-order valence-corrected chi connectivity index (χ3v) is 3.59. The maximum atomic E-state index is 12.0. The number of para-hydroxylation sites is 1. The van der Waals surface area contributed by atoms with E-state index in [9.17, 15) is 9.59 Å². The maximum absolute atomic E-state index is 12.0. The van der Waals surface area contributed by atoms with Gasteiger partial charge in [-0.25, -0.2) is 0 Å². The van der Waals surface area contributed by atoms with Crippen LogP contribution >= 0.6 is 11.6 Å². The molecule has 5 nitrogen and oxygen atoms in total. The summed E-state index contributed by atoms with van der Waals surface area (Å²) in [5, 5.41) is 5.65. The molecule has 0 saturated heterocycles.